The van der Waals surface area contributed by atoms with Crippen molar-refractivity contribution in [3.63, 3.8) is 0 Å². The summed E-state index contributed by atoms with van der Waals surface area (Å²) in [7, 11) is 1.86. The summed E-state index contributed by atoms with van der Waals surface area (Å²) in [4.78, 5) is 28.7. The van der Waals surface area contributed by atoms with E-state index in [1.807, 2.05) is 13.2 Å². The maximum atomic E-state index is 12.8. The molecule has 1 saturated carbocycles. The zero-order valence-electron chi connectivity index (χ0n) is 14.7. The van der Waals surface area contributed by atoms with E-state index in [-0.39, 0.29) is 11.9 Å². The van der Waals surface area contributed by atoms with Crippen molar-refractivity contribution in [1.82, 2.24) is 9.97 Å². The molecule has 3 heterocycles. The molecule has 0 N–H and O–H groups in total. The van der Waals surface area contributed by atoms with Crippen LogP contribution in [0.4, 0.5) is 17.5 Å². The van der Waals surface area contributed by atoms with E-state index in [2.05, 4.69) is 21.7 Å². The number of amides is 1. The summed E-state index contributed by atoms with van der Waals surface area (Å²) >= 11 is 0. The van der Waals surface area contributed by atoms with Gasteiger partial charge in [-0.1, -0.05) is 19.8 Å². The molecule has 1 aromatic heterocycles. The van der Waals surface area contributed by atoms with E-state index in [0.29, 0.717) is 6.04 Å². The molecule has 1 aromatic rings. The summed E-state index contributed by atoms with van der Waals surface area (Å²) < 4.78 is 0. The van der Waals surface area contributed by atoms with E-state index in [1.54, 1.807) is 4.90 Å². The van der Waals surface area contributed by atoms with Crippen molar-refractivity contribution in [1.29, 1.82) is 0 Å². The molecule has 0 unspecified atom stereocenters. The van der Waals surface area contributed by atoms with Crippen LogP contribution in [-0.2, 0) is 4.79 Å². The molecular formula is C18H27N5O. The van der Waals surface area contributed by atoms with Gasteiger partial charge >= 0.3 is 0 Å². The molecule has 1 amide bonds. The fourth-order valence-electron chi connectivity index (χ4n) is 4.44. The third-order valence-electron chi connectivity index (χ3n) is 5.79. The van der Waals surface area contributed by atoms with Crippen LogP contribution in [0.25, 0.3) is 0 Å². The second-order valence-corrected chi connectivity index (χ2v) is 7.24. The lowest BCUT2D eigenvalue weighted by molar-refractivity contribution is -0.120. The molecule has 1 aliphatic carbocycles. The summed E-state index contributed by atoms with van der Waals surface area (Å²) in [6.45, 7) is 4.17. The summed E-state index contributed by atoms with van der Waals surface area (Å²) in [6.07, 6.45) is 9.92. The lowest BCUT2D eigenvalue weighted by Crippen LogP contribution is -2.55. The standard InChI is InChI=1S/C18H27N5O/c1-3-14-17(24)21(2)15-12-19-18(22-10-6-7-11-22)20-16(15)23(14)13-8-4-5-9-13/h12-14H,3-11H2,1-2H3/t14-/m1/s1. The molecule has 0 bridgehead atoms. The Morgan fingerprint density at radius 1 is 1.17 bits per heavy atom. The van der Waals surface area contributed by atoms with Crippen molar-refractivity contribution >= 4 is 23.4 Å². The first-order chi connectivity index (χ1) is 11.7. The Kier molecular flexibility index (Phi) is 4.06. The van der Waals surface area contributed by atoms with Gasteiger partial charge in [-0.15, -0.1) is 0 Å². The highest BCUT2D eigenvalue weighted by molar-refractivity contribution is 6.04. The molecular weight excluding hydrogens is 302 g/mol. The summed E-state index contributed by atoms with van der Waals surface area (Å²) in [5.41, 5.74) is 0.861. The van der Waals surface area contributed by atoms with Crippen LogP contribution in [0.1, 0.15) is 51.9 Å². The number of fused-ring (bicyclic) bond motifs is 1. The van der Waals surface area contributed by atoms with Crippen LogP contribution in [0.15, 0.2) is 6.20 Å². The van der Waals surface area contributed by atoms with Crippen LogP contribution >= 0.6 is 0 Å². The molecule has 2 fully saturated rings. The Morgan fingerprint density at radius 3 is 2.54 bits per heavy atom. The Hall–Kier alpha value is -1.85. The number of aromatic nitrogens is 2. The van der Waals surface area contributed by atoms with Gasteiger partial charge < -0.3 is 14.7 Å². The van der Waals surface area contributed by atoms with Gasteiger partial charge in [0.05, 0.1) is 6.20 Å². The number of carbonyl (C=O) groups excluding carboxylic acids is 1. The van der Waals surface area contributed by atoms with Crippen LogP contribution in [0.2, 0.25) is 0 Å². The Bertz CT molecular complexity index is 622. The van der Waals surface area contributed by atoms with Crippen LogP contribution < -0.4 is 14.7 Å². The first-order valence-corrected chi connectivity index (χ1v) is 9.38. The zero-order chi connectivity index (χ0) is 16.7. The molecule has 0 spiro atoms. The Labute approximate surface area is 143 Å². The molecule has 1 atom stereocenters. The van der Waals surface area contributed by atoms with E-state index in [9.17, 15) is 4.79 Å². The minimum atomic E-state index is -0.0908. The van der Waals surface area contributed by atoms with E-state index < -0.39 is 0 Å². The van der Waals surface area contributed by atoms with Crippen LogP contribution in [0.3, 0.4) is 0 Å². The summed E-state index contributed by atoms with van der Waals surface area (Å²) in [6, 6.07) is 0.347. The number of nitrogens with zero attached hydrogens (tertiary/aromatic N) is 5. The molecule has 0 radical (unpaired) electrons. The van der Waals surface area contributed by atoms with Crippen molar-refractivity contribution in [3.8, 4) is 0 Å². The number of likely N-dealkylation sites (N-methyl/N-ethyl adjacent to an activating group) is 1. The Balaban J connectivity index is 1.78. The monoisotopic (exact) mass is 329 g/mol. The SMILES string of the molecule is CC[C@@H]1C(=O)N(C)c2cnc(N3CCCC3)nc2N1C1CCCC1. The summed E-state index contributed by atoms with van der Waals surface area (Å²) in [5.74, 6) is 1.97. The van der Waals surface area contributed by atoms with E-state index in [4.69, 9.17) is 4.98 Å². The lowest BCUT2D eigenvalue weighted by atomic mass is 10.0. The second kappa shape index (κ2) is 6.22. The van der Waals surface area contributed by atoms with Gasteiger partial charge in [0.25, 0.3) is 0 Å². The minimum Gasteiger partial charge on any atom is -0.341 e. The molecule has 0 aromatic carbocycles. The average molecular weight is 329 g/mol. The summed E-state index contributed by atoms with van der Waals surface area (Å²) in [5, 5.41) is 0. The molecule has 6 heteroatoms. The molecule has 24 heavy (non-hydrogen) atoms. The van der Waals surface area contributed by atoms with Gasteiger partial charge in [-0.05, 0) is 32.1 Å². The van der Waals surface area contributed by atoms with Gasteiger partial charge in [0.15, 0.2) is 5.82 Å². The molecule has 1 saturated heterocycles. The van der Waals surface area contributed by atoms with Crippen molar-refractivity contribution in [3.05, 3.63) is 6.20 Å². The number of hydrogen-bond acceptors (Lipinski definition) is 5. The second-order valence-electron chi connectivity index (χ2n) is 7.24. The van der Waals surface area contributed by atoms with Gasteiger partial charge in [0, 0.05) is 26.2 Å². The number of rotatable bonds is 3. The van der Waals surface area contributed by atoms with Gasteiger partial charge in [0.1, 0.15) is 11.7 Å². The Morgan fingerprint density at radius 2 is 1.88 bits per heavy atom. The van der Waals surface area contributed by atoms with Gasteiger partial charge in [-0.2, -0.15) is 4.98 Å². The van der Waals surface area contributed by atoms with Crippen molar-refractivity contribution in [2.75, 3.05) is 34.8 Å². The fourth-order valence-corrected chi connectivity index (χ4v) is 4.44. The lowest BCUT2D eigenvalue weighted by Gasteiger charge is -2.43. The van der Waals surface area contributed by atoms with Gasteiger partial charge in [-0.25, -0.2) is 4.98 Å². The van der Waals surface area contributed by atoms with E-state index >= 15 is 0 Å². The highest BCUT2D eigenvalue weighted by Crippen LogP contribution is 2.40. The average Bonchev–Trinajstić information content (AvgIpc) is 3.30. The van der Waals surface area contributed by atoms with Crippen molar-refractivity contribution in [2.24, 2.45) is 0 Å². The number of carbonyl (C=O) groups is 1. The smallest absolute Gasteiger partial charge is 0.249 e. The number of anilines is 3. The molecule has 2 aliphatic heterocycles. The normalized spacial score (nSPS) is 24.8. The van der Waals surface area contributed by atoms with Crippen LogP contribution in [0, 0.1) is 0 Å². The maximum Gasteiger partial charge on any atom is 0.249 e. The third-order valence-corrected chi connectivity index (χ3v) is 5.79. The quantitative estimate of drug-likeness (QED) is 0.853. The first kappa shape index (κ1) is 15.7. The predicted octanol–water partition coefficient (Wildman–Crippen LogP) is 2.58. The molecule has 4 rings (SSSR count). The molecule has 6 nitrogen and oxygen atoms in total. The molecule has 130 valence electrons. The largest absolute Gasteiger partial charge is 0.341 e. The van der Waals surface area contributed by atoms with Crippen LogP contribution in [-0.4, -0.2) is 48.1 Å². The maximum absolute atomic E-state index is 12.8. The number of hydrogen-bond donors (Lipinski definition) is 0. The highest BCUT2D eigenvalue weighted by Gasteiger charge is 2.41. The topological polar surface area (TPSA) is 52.6 Å². The minimum absolute atomic E-state index is 0.0908. The van der Waals surface area contributed by atoms with E-state index in [0.717, 1.165) is 49.8 Å². The predicted molar refractivity (Wildman–Crippen MR) is 95.7 cm³/mol. The fraction of sp³-hybridized carbons (Fsp3) is 0.722. The highest BCUT2D eigenvalue weighted by atomic mass is 16.2. The zero-order valence-corrected chi connectivity index (χ0v) is 14.7. The third kappa shape index (κ3) is 2.43. The van der Waals surface area contributed by atoms with Crippen molar-refractivity contribution < 1.29 is 4.79 Å². The van der Waals surface area contributed by atoms with Crippen molar-refractivity contribution in [2.45, 2.75) is 64.0 Å². The van der Waals surface area contributed by atoms with Gasteiger partial charge in [-0.3, -0.25) is 4.79 Å². The van der Waals surface area contributed by atoms with E-state index in [1.165, 1.54) is 25.7 Å². The van der Waals surface area contributed by atoms with Crippen LogP contribution in [0.5, 0.6) is 0 Å². The first-order valence-electron chi connectivity index (χ1n) is 9.38. The molecule has 3 aliphatic rings. The van der Waals surface area contributed by atoms with Gasteiger partial charge in [0.2, 0.25) is 11.9 Å².